The summed E-state index contributed by atoms with van der Waals surface area (Å²) in [5.41, 5.74) is 3.50. The average molecular weight is 453 g/mol. The molecule has 0 spiro atoms. The van der Waals surface area contributed by atoms with Crippen molar-refractivity contribution in [1.82, 2.24) is 19.9 Å². The third kappa shape index (κ3) is 4.88. The smallest absolute Gasteiger partial charge is 0.0406 e. The van der Waals surface area contributed by atoms with Gasteiger partial charge in [-0.25, -0.2) is 0 Å². The van der Waals surface area contributed by atoms with E-state index in [4.69, 9.17) is 0 Å². The fourth-order valence-electron chi connectivity index (χ4n) is 1.48. The maximum absolute atomic E-state index is 4.30. The van der Waals surface area contributed by atoms with E-state index in [1.165, 1.54) is 0 Å². The fraction of sp³-hybridized carbons (Fsp3) is 0.385. The van der Waals surface area contributed by atoms with Crippen LogP contribution in [0.2, 0.25) is 0 Å². The molecular formula is C13H16AuN6-2. The monoisotopic (exact) mass is 453 g/mol. The van der Waals surface area contributed by atoms with Crippen molar-refractivity contribution in [3.05, 3.63) is 35.4 Å². The van der Waals surface area contributed by atoms with Gasteiger partial charge in [0.05, 0.1) is 0 Å². The zero-order valence-electron chi connectivity index (χ0n) is 11.4. The summed E-state index contributed by atoms with van der Waals surface area (Å²) < 4.78 is 0. The van der Waals surface area contributed by atoms with Crippen molar-refractivity contribution in [2.24, 2.45) is 9.98 Å². The molecule has 0 N–H and O–H groups in total. The first kappa shape index (κ1) is 16.6. The standard InChI is InChI=1S/C13H16N6.Au/c1-10-12(18-8-16-10)6-14-4-3-5-15-7-13-11(2)17-9-19-13;/h6-9H,3-5H2,1-2H3;/q-2;. The van der Waals surface area contributed by atoms with Crippen molar-refractivity contribution >= 4 is 12.4 Å². The van der Waals surface area contributed by atoms with Crippen molar-refractivity contribution in [2.45, 2.75) is 20.3 Å². The predicted octanol–water partition coefficient (Wildman–Crippen LogP) is 0.933. The Hall–Kier alpha value is -1.50. The van der Waals surface area contributed by atoms with E-state index in [0.717, 1.165) is 42.3 Å². The summed E-state index contributed by atoms with van der Waals surface area (Å²) in [5.74, 6) is 0. The minimum atomic E-state index is 0. The summed E-state index contributed by atoms with van der Waals surface area (Å²) in [5, 5.41) is 0. The second-order valence-electron chi connectivity index (χ2n) is 4.11. The molecule has 2 rings (SSSR count). The number of imidazole rings is 2. The van der Waals surface area contributed by atoms with E-state index in [1.54, 1.807) is 25.1 Å². The van der Waals surface area contributed by atoms with Gasteiger partial charge in [0.2, 0.25) is 0 Å². The van der Waals surface area contributed by atoms with Gasteiger partial charge in [0.15, 0.2) is 0 Å². The number of aliphatic imine (C=N–C) groups is 2. The van der Waals surface area contributed by atoms with Crippen LogP contribution in [-0.2, 0) is 22.4 Å². The SMILES string of the molecule is Cc1[n-]cnc1C=NCCCN=Cc1nc[n-]c1C.[Au]. The molecule has 0 atom stereocenters. The molecular weight excluding hydrogens is 437 g/mol. The van der Waals surface area contributed by atoms with Crippen LogP contribution in [0.1, 0.15) is 29.2 Å². The molecule has 0 saturated heterocycles. The Labute approximate surface area is 133 Å². The number of aryl methyl sites for hydroxylation is 2. The van der Waals surface area contributed by atoms with Crippen LogP contribution < -0.4 is 9.97 Å². The molecule has 0 aromatic carbocycles. The molecule has 0 fully saturated rings. The van der Waals surface area contributed by atoms with Gasteiger partial charge in [-0.05, 0) is 31.7 Å². The van der Waals surface area contributed by atoms with Gasteiger partial charge in [-0.3, -0.25) is 9.98 Å². The van der Waals surface area contributed by atoms with Crippen LogP contribution >= 0.6 is 0 Å². The molecule has 7 heteroatoms. The van der Waals surface area contributed by atoms with E-state index in [0.29, 0.717) is 0 Å². The van der Waals surface area contributed by atoms with Gasteiger partial charge in [0.25, 0.3) is 0 Å². The van der Waals surface area contributed by atoms with Gasteiger partial charge in [0, 0.05) is 47.9 Å². The van der Waals surface area contributed by atoms with E-state index in [9.17, 15) is 0 Å². The number of rotatable bonds is 6. The van der Waals surface area contributed by atoms with E-state index < -0.39 is 0 Å². The summed E-state index contributed by atoms with van der Waals surface area (Å²) in [6.45, 7) is 5.30. The first-order chi connectivity index (χ1) is 9.27. The van der Waals surface area contributed by atoms with Crippen LogP contribution in [0, 0.1) is 13.8 Å². The Morgan fingerprint density at radius 1 is 0.950 bits per heavy atom. The largest absolute Gasteiger partial charge is 0.447 e. The molecule has 0 unspecified atom stereocenters. The van der Waals surface area contributed by atoms with Crippen LogP contribution in [0.5, 0.6) is 0 Å². The maximum atomic E-state index is 4.30. The molecule has 20 heavy (non-hydrogen) atoms. The van der Waals surface area contributed by atoms with Crippen molar-refractivity contribution in [3.63, 3.8) is 0 Å². The molecule has 0 amide bonds. The molecule has 0 aliphatic heterocycles. The van der Waals surface area contributed by atoms with Crippen LogP contribution in [-0.4, -0.2) is 35.5 Å². The maximum Gasteiger partial charge on any atom is 0.0406 e. The van der Waals surface area contributed by atoms with Gasteiger partial charge in [-0.2, -0.15) is 0 Å². The molecule has 6 nitrogen and oxygen atoms in total. The first-order valence-corrected chi connectivity index (χ1v) is 6.15. The summed E-state index contributed by atoms with van der Waals surface area (Å²) in [4.78, 5) is 24.9. The fourth-order valence-corrected chi connectivity index (χ4v) is 1.48. The van der Waals surface area contributed by atoms with Gasteiger partial charge in [-0.1, -0.05) is 24.0 Å². The van der Waals surface area contributed by atoms with Crippen molar-refractivity contribution in [2.75, 3.05) is 13.1 Å². The molecule has 0 bridgehead atoms. The van der Waals surface area contributed by atoms with Gasteiger partial charge >= 0.3 is 0 Å². The Bertz CT molecular complexity index is 519. The third-order valence-electron chi connectivity index (χ3n) is 2.64. The topological polar surface area (TPSA) is 78.7 Å². The predicted molar refractivity (Wildman–Crippen MR) is 74.1 cm³/mol. The summed E-state index contributed by atoms with van der Waals surface area (Å²) in [7, 11) is 0. The first-order valence-electron chi connectivity index (χ1n) is 6.15. The van der Waals surface area contributed by atoms with Crippen LogP contribution in [0.15, 0.2) is 22.6 Å². The number of nitrogens with zero attached hydrogens (tertiary/aromatic N) is 6. The zero-order valence-corrected chi connectivity index (χ0v) is 13.6. The third-order valence-corrected chi connectivity index (χ3v) is 2.64. The Kier molecular flexibility index (Phi) is 7.14. The number of hydrogen-bond acceptors (Lipinski definition) is 4. The Morgan fingerprint density at radius 3 is 1.75 bits per heavy atom. The quantitative estimate of drug-likeness (QED) is 0.371. The summed E-state index contributed by atoms with van der Waals surface area (Å²) in [6.07, 6.45) is 7.51. The molecule has 111 valence electrons. The molecule has 1 radical (unpaired) electrons. The molecule has 0 aliphatic carbocycles. The molecule has 0 saturated carbocycles. The second kappa shape index (κ2) is 8.63. The Balaban J connectivity index is 0.00000200. The minimum absolute atomic E-state index is 0. The van der Waals surface area contributed by atoms with E-state index in [2.05, 4.69) is 29.9 Å². The molecule has 2 heterocycles. The molecule has 0 aliphatic rings. The minimum Gasteiger partial charge on any atom is -0.447 e. The van der Waals surface area contributed by atoms with Crippen LogP contribution in [0.3, 0.4) is 0 Å². The second-order valence-corrected chi connectivity index (χ2v) is 4.11. The summed E-state index contributed by atoms with van der Waals surface area (Å²) in [6, 6.07) is 0. The van der Waals surface area contributed by atoms with Crippen LogP contribution in [0.25, 0.3) is 0 Å². The average Bonchev–Trinajstić information content (AvgIpc) is 2.98. The van der Waals surface area contributed by atoms with Crippen molar-refractivity contribution in [3.8, 4) is 0 Å². The van der Waals surface area contributed by atoms with Gasteiger partial charge in [0.1, 0.15) is 0 Å². The van der Waals surface area contributed by atoms with E-state index in [-0.39, 0.29) is 22.4 Å². The Morgan fingerprint density at radius 2 is 1.40 bits per heavy atom. The zero-order chi connectivity index (χ0) is 13.5. The van der Waals surface area contributed by atoms with E-state index in [1.807, 2.05) is 13.8 Å². The molecule has 2 aromatic heterocycles. The van der Waals surface area contributed by atoms with Gasteiger partial charge in [-0.15, -0.1) is 0 Å². The van der Waals surface area contributed by atoms with Crippen molar-refractivity contribution in [1.29, 1.82) is 0 Å². The van der Waals surface area contributed by atoms with Gasteiger partial charge < -0.3 is 19.9 Å². The number of aromatic nitrogens is 4. The van der Waals surface area contributed by atoms with E-state index >= 15 is 0 Å². The van der Waals surface area contributed by atoms with Crippen molar-refractivity contribution < 1.29 is 22.4 Å². The molecule has 2 aromatic rings. The summed E-state index contributed by atoms with van der Waals surface area (Å²) >= 11 is 0. The van der Waals surface area contributed by atoms with Crippen LogP contribution in [0.4, 0.5) is 0 Å². The normalized spacial score (nSPS) is 11.3. The number of hydrogen-bond donors (Lipinski definition) is 0.